The van der Waals surface area contributed by atoms with Gasteiger partial charge in [-0.3, -0.25) is 4.90 Å². The Morgan fingerprint density at radius 2 is 1.71 bits per heavy atom. The van der Waals surface area contributed by atoms with Gasteiger partial charge in [0.1, 0.15) is 0 Å². The van der Waals surface area contributed by atoms with Crippen LogP contribution in [0.25, 0.3) is 16.7 Å². The molecule has 2 aromatic carbocycles. The number of piperidine rings is 1. The third-order valence-electron chi connectivity index (χ3n) is 4.91. The second kappa shape index (κ2) is 8.00. The predicted molar refractivity (Wildman–Crippen MR) is 105 cm³/mol. The van der Waals surface area contributed by atoms with Gasteiger partial charge in [0.25, 0.3) is 0 Å². The van der Waals surface area contributed by atoms with Crippen LogP contribution in [0, 0.1) is 5.92 Å². The van der Waals surface area contributed by atoms with Crippen LogP contribution in [-0.4, -0.2) is 24.5 Å². The van der Waals surface area contributed by atoms with Crippen molar-refractivity contribution in [3.8, 4) is 11.1 Å². The van der Waals surface area contributed by atoms with Crippen LogP contribution >= 0.6 is 11.6 Å². The van der Waals surface area contributed by atoms with Crippen LogP contribution in [0.3, 0.4) is 0 Å². The summed E-state index contributed by atoms with van der Waals surface area (Å²) in [6.07, 6.45) is 5.09. The molecule has 0 aromatic heterocycles. The lowest BCUT2D eigenvalue weighted by Crippen LogP contribution is -2.34. The molecule has 126 valence electrons. The van der Waals surface area contributed by atoms with Crippen molar-refractivity contribution in [3.05, 3.63) is 65.2 Å². The maximum absolute atomic E-state index is 5.96. The Kier molecular flexibility index (Phi) is 5.76. The summed E-state index contributed by atoms with van der Waals surface area (Å²) < 4.78 is 0. The topological polar surface area (TPSA) is 3.24 Å². The maximum atomic E-state index is 5.96. The Bertz CT molecular complexity index is 685. The molecule has 1 aliphatic rings. The Morgan fingerprint density at radius 3 is 2.33 bits per heavy atom. The monoisotopic (exact) mass is 339 g/mol. The van der Waals surface area contributed by atoms with Crippen molar-refractivity contribution in [1.29, 1.82) is 0 Å². The summed E-state index contributed by atoms with van der Waals surface area (Å²) in [6, 6.07) is 16.8. The minimum absolute atomic E-state index is 0.779. The van der Waals surface area contributed by atoms with E-state index >= 15 is 0 Å². The summed E-state index contributed by atoms with van der Waals surface area (Å²) in [4.78, 5) is 2.57. The van der Waals surface area contributed by atoms with Gasteiger partial charge in [-0.2, -0.15) is 0 Å². The fraction of sp³-hybridized carbons (Fsp3) is 0.364. The molecule has 1 heterocycles. The van der Waals surface area contributed by atoms with Crippen molar-refractivity contribution in [2.45, 2.75) is 26.7 Å². The standard InChI is InChI=1S/C22H26ClN/c1-17-4-3-14-24(16-17)15-13-18(2)19-5-7-20(8-6-19)21-9-11-22(23)12-10-21/h5-13,17H,3-4,14-16H2,1-2H3. The van der Waals surface area contributed by atoms with Gasteiger partial charge in [-0.15, -0.1) is 0 Å². The molecule has 0 aliphatic carbocycles. The molecular weight excluding hydrogens is 314 g/mol. The molecule has 0 bridgehead atoms. The lowest BCUT2D eigenvalue weighted by molar-refractivity contribution is 0.201. The Balaban J connectivity index is 1.66. The van der Waals surface area contributed by atoms with Gasteiger partial charge in [-0.25, -0.2) is 0 Å². The Labute approximate surface area is 151 Å². The van der Waals surface area contributed by atoms with Crippen LogP contribution in [0.1, 0.15) is 32.3 Å². The summed E-state index contributed by atoms with van der Waals surface area (Å²) in [5, 5.41) is 0.779. The van der Waals surface area contributed by atoms with E-state index in [2.05, 4.69) is 61.2 Å². The van der Waals surface area contributed by atoms with E-state index in [1.165, 1.54) is 48.2 Å². The number of benzene rings is 2. The van der Waals surface area contributed by atoms with E-state index in [0.29, 0.717) is 0 Å². The van der Waals surface area contributed by atoms with Gasteiger partial charge in [0.05, 0.1) is 0 Å². The second-order valence-corrected chi connectivity index (χ2v) is 7.41. The van der Waals surface area contributed by atoms with E-state index in [-0.39, 0.29) is 0 Å². The molecule has 1 unspecified atom stereocenters. The smallest absolute Gasteiger partial charge is 0.0406 e. The zero-order chi connectivity index (χ0) is 16.9. The van der Waals surface area contributed by atoms with E-state index in [0.717, 1.165) is 17.5 Å². The largest absolute Gasteiger partial charge is 0.299 e. The average Bonchev–Trinajstić information content (AvgIpc) is 2.61. The molecule has 0 spiro atoms. The van der Waals surface area contributed by atoms with Gasteiger partial charge in [0.2, 0.25) is 0 Å². The van der Waals surface area contributed by atoms with Crippen molar-refractivity contribution >= 4 is 17.2 Å². The molecule has 3 rings (SSSR count). The molecular formula is C22H26ClN. The fourth-order valence-electron chi connectivity index (χ4n) is 3.40. The van der Waals surface area contributed by atoms with E-state index in [1.807, 2.05) is 12.1 Å². The summed E-state index contributed by atoms with van der Waals surface area (Å²) in [7, 11) is 0. The SMILES string of the molecule is CC(=CCN1CCCC(C)C1)c1ccc(-c2ccc(Cl)cc2)cc1. The normalized spacial score (nSPS) is 19.5. The molecule has 2 aromatic rings. The van der Waals surface area contributed by atoms with E-state index in [4.69, 9.17) is 11.6 Å². The molecule has 0 amide bonds. The summed E-state index contributed by atoms with van der Waals surface area (Å²) in [5.74, 6) is 0.839. The molecule has 0 N–H and O–H groups in total. The number of rotatable bonds is 4. The molecule has 2 heteroatoms. The van der Waals surface area contributed by atoms with Crippen LogP contribution in [0.2, 0.25) is 5.02 Å². The van der Waals surface area contributed by atoms with Gasteiger partial charge >= 0.3 is 0 Å². The van der Waals surface area contributed by atoms with Crippen molar-refractivity contribution in [3.63, 3.8) is 0 Å². The lowest BCUT2D eigenvalue weighted by Gasteiger charge is -2.30. The molecule has 1 aliphatic heterocycles. The minimum Gasteiger partial charge on any atom is -0.299 e. The number of hydrogen-bond donors (Lipinski definition) is 0. The lowest BCUT2D eigenvalue weighted by atomic mass is 9.99. The number of hydrogen-bond acceptors (Lipinski definition) is 1. The molecule has 24 heavy (non-hydrogen) atoms. The summed E-state index contributed by atoms with van der Waals surface area (Å²) in [6.45, 7) is 8.11. The Morgan fingerprint density at radius 1 is 1.08 bits per heavy atom. The quantitative estimate of drug-likeness (QED) is 0.646. The Hall–Kier alpha value is -1.57. The first-order valence-electron chi connectivity index (χ1n) is 8.87. The molecule has 0 saturated carbocycles. The first-order valence-corrected chi connectivity index (χ1v) is 9.25. The van der Waals surface area contributed by atoms with Crippen LogP contribution < -0.4 is 0 Å². The van der Waals surface area contributed by atoms with Crippen LogP contribution in [0.5, 0.6) is 0 Å². The van der Waals surface area contributed by atoms with E-state index in [1.54, 1.807) is 0 Å². The maximum Gasteiger partial charge on any atom is 0.0406 e. The first kappa shape index (κ1) is 17.3. The third-order valence-corrected chi connectivity index (χ3v) is 5.17. The number of nitrogens with zero attached hydrogens (tertiary/aromatic N) is 1. The predicted octanol–water partition coefficient (Wildman–Crippen LogP) is 6.14. The third kappa shape index (κ3) is 4.49. The minimum atomic E-state index is 0.779. The van der Waals surface area contributed by atoms with Crippen molar-refractivity contribution in [2.75, 3.05) is 19.6 Å². The molecule has 1 nitrogen and oxygen atoms in total. The van der Waals surface area contributed by atoms with Gasteiger partial charge in [0.15, 0.2) is 0 Å². The highest BCUT2D eigenvalue weighted by Gasteiger charge is 2.14. The van der Waals surface area contributed by atoms with Crippen LogP contribution in [0.4, 0.5) is 0 Å². The van der Waals surface area contributed by atoms with E-state index in [9.17, 15) is 0 Å². The highest BCUT2D eigenvalue weighted by atomic mass is 35.5. The fourth-order valence-corrected chi connectivity index (χ4v) is 3.53. The first-order chi connectivity index (χ1) is 11.6. The molecule has 1 atom stereocenters. The van der Waals surface area contributed by atoms with Gasteiger partial charge in [-0.1, -0.05) is 61.0 Å². The number of likely N-dealkylation sites (tertiary alicyclic amines) is 1. The molecule has 0 radical (unpaired) electrons. The van der Waals surface area contributed by atoms with Crippen molar-refractivity contribution in [1.82, 2.24) is 4.90 Å². The second-order valence-electron chi connectivity index (χ2n) is 6.98. The van der Waals surface area contributed by atoms with Gasteiger partial charge in [-0.05, 0) is 66.6 Å². The highest BCUT2D eigenvalue weighted by Crippen LogP contribution is 2.24. The molecule has 1 saturated heterocycles. The molecule has 1 fully saturated rings. The zero-order valence-electron chi connectivity index (χ0n) is 14.6. The summed E-state index contributed by atoms with van der Waals surface area (Å²) >= 11 is 5.96. The van der Waals surface area contributed by atoms with Crippen molar-refractivity contribution in [2.24, 2.45) is 5.92 Å². The average molecular weight is 340 g/mol. The van der Waals surface area contributed by atoms with Crippen molar-refractivity contribution < 1.29 is 0 Å². The highest BCUT2D eigenvalue weighted by molar-refractivity contribution is 6.30. The van der Waals surface area contributed by atoms with Crippen LogP contribution in [0.15, 0.2) is 54.6 Å². The zero-order valence-corrected chi connectivity index (χ0v) is 15.4. The van der Waals surface area contributed by atoms with Gasteiger partial charge < -0.3 is 0 Å². The van der Waals surface area contributed by atoms with Crippen LogP contribution in [-0.2, 0) is 0 Å². The van der Waals surface area contributed by atoms with Gasteiger partial charge in [0, 0.05) is 18.1 Å². The number of halogens is 1. The summed E-state index contributed by atoms with van der Waals surface area (Å²) in [5.41, 5.74) is 5.09. The number of allylic oxidation sites excluding steroid dienone is 1. The van der Waals surface area contributed by atoms with E-state index < -0.39 is 0 Å².